The van der Waals surface area contributed by atoms with Crippen molar-refractivity contribution in [2.45, 2.75) is 19.8 Å². The highest BCUT2D eigenvalue weighted by atomic mass is 16.2. The molecule has 3 heteroatoms. The Hall–Kier alpha value is -1.77. The first-order valence-corrected chi connectivity index (χ1v) is 5.64. The second-order valence-corrected chi connectivity index (χ2v) is 4.32. The summed E-state index contributed by atoms with van der Waals surface area (Å²) in [5, 5.41) is 1.21. The molecule has 0 aliphatic carbocycles. The van der Waals surface area contributed by atoms with Crippen molar-refractivity contribution in [3.63, 3.8) is 0 Å². The van der Waals surface area contributed by atoms with Gasteiger partial charge in [-0.15, -0.1) is 0 Å². The molecule has 0 spiro atoms. The van der Waals surface area contributed by atoms with Crippen LogP contribution in [0, 0.1) is 6.92 Å². The third kappa shape index (κ3) is 1.24. The third-order valence-corrected chi connectivity index (χ3v) is 3.26. The van der Waals surface area contributed by atoms with E-state index in [1.807, 2.05) is 23.2 Å². The molecule has 1 aromatic carbocycles. The van der Waals surface area contributed by atoms with Gasteiger partial charge < -0.3 is 9.88 Å². The fourth-order valence-electron chi connectivity index (χ4n) is 2.41. The molecule has 3 nitrogen and oxygen atoms in total. The van der Waals surface area contributed by atoms with Crippen LogP contribution in [0.25, 0.3) is 10.9 Å². The summed E-state index contributed by atoms with van der Waals surface area (Å²) in [6.45, 7) is 2.92. The maximum absolute atomic E-state index is 11.7. The van der Waals surface area contributed by atoms with E-state index in [0.717, 1.165) is 24.2 Å². The number of carbonyl (C=O) groups is 1. The number of para-hydroxylation sites is 1. The molecule has 1 fully saturated rings. The Morgan fingerprint density at radius 1 is 1.38 bits per heavy atom. The van der Waals surface area contributed by atoms with E-state index in [9.17, 15) is 4.79 Å². The molecule has 1 amide bonds. The number of hydrogen-bond donors (Lipinski definition) is 1. The Labute approximate surface area is 94.1 Å². The van der Waals surface area contributed by atoms with Gasteiger partial charge in [0.2, 0.25) is 5.91 Å². The first kappa shape index (κ1) is 9.46. The lowest BCUT2D eigenvalue weighted by atomic mass is 10.1. The normalized spacial score (nSPS) is 16.3. The number of aromatic nitrogens is 1. The molecule has 16 heavy (non-hydrogen) atoms. The average Bonchev–Trinajstić information content (AvgIpc) is 2.86. The molecule has 2 heterocycles. The van der Waals surface area contributed by atoms with Crippen molar-refractivity contribution in [3.8, 4) is 0 Å². The molecule has 0 radical (unpaired) electrons. The smallest absolute Gasteiger partial charge is 0.227 e. The summed E-state index contributed by atoms with van der Waals surface area (Å²) in [6, 6.07) is 6.12. The maximum atomic E-state index is 11.7. The number of benzene rings is 1. The molecule has 1 saturated heterocycles. The van der Waals surface area contributed by atoms with Gasteiger partial charge in [0.25, 0.3) is 0 Å². The van der Waals surface area contributed by atoms with Crippen molar-refractivity contribution in [2.75, 3.05) is 11.4 Å². The number of nitrogens with one attached hydrogen (secondary N) is 1. The largest absolute Gasteiger partial charge is 0.359 e. The fourth-order valence-corrected chi connectivity index (χ4v) is 2.41. The zero-order valence-corrected chi connectivity index (χ0v) is 9.29. The Bertz CT molecular complexity index is 556. The number of nitrogens with zero attached hydrogens (tertiary/aromatic N) is 1. The van der Waals surface area contributed by atoms with Crippen LogP contribution in [0.15, 0.2) is 24.4 Å². The molecular weight excluding hydrogens is 200 g/mol. The zero-order valence-electron chi connectivity index (χ0n) is 9.29. The highest BCUT2D eigenvalue weighted by Gasteiger charge is 2.23. The van der Waals surface area contributed by atoms with Gasteiger partial charge in [-0.25, -0.2) is 0 Å². The number of rotatable bonds is 1. The van der Waals surface area contributed by atoms with Crippen LogP contribution in [0.5, 0.6) is 0 Å². The lowest BCUT2D eigenvalue weighted by Gasteiger charge is -2.16. The van der Waals surface area contributed by atoms with E-state index < -0.39 is 0 Å². The van der Waals surface area contributed by atoms with Crippen molar-refractivity contribution >= 4 is 22.5 Å². The van der Waals surface area contributed by atoms with Crippen LogP contribution in [0.2, 0.25) is 0 Å². The molecule has 0 unspecified atom stereocenters. The number of aromatic amines is 1. The number of fused-ring (bicyclic) bond motifs is 1. The van der Waals surface area contributed by atoms with Crippen LogP contribution >= 0.6 is 0 Å². The van der Waals surface area contributed by atoms with Crippen LogP contribution in [-0.4, -0.2) is 17.4 Å². The third-order valence-electron chi connectivity index (χ3n) is 3.26. The van der Waals surface area contributed by atoms with Gasteiger partial charge >= 0.3 is 0 Å². The standard InChI is InChI=1S/C13H14N2O/c1-9-8-14-13-10(9)4-2-5-11(13)15-7-3-6-12(15)16/h2,4-5,8,14H,3,6-7H2,1H3. The summed E-state index contributed by atoms with van der Waals surface area (Å²) in [4.78, 5) is 16.9. The highest BCUT2D eigenvalue weighted by molar-refractivity contribution is 6.04. The minimum Gasteiger partial charge on any atom is -0.359 e. The van der Waals surface area contributed by atoms with E-state index in [2.05, 4.69) is 18.0 Å². The summed E-state index contributed by atoms with van der Waals surface area (Å²) in [6.07, 6.45) is 3.64. The van der Waals surface area contributed by atoms with Gasteiger partial charge in [-0.2, -0.15) is 0 Å². The van der Waals surface area contributed by atoms with E-state index in [1.54, 1.807) is 0 Å². The maximum Gasteiger partial charge on any atom is 0.227 e. The van der Waals surface area contributed by atoms with Gasteiger partial charge in [-0.05, 0) is 25.0 Å². The van der Waals surface area contributed by atoms with E-state index in [0.29, 0.717) is 6.42 Å². The topological polar surface area (TPSA) is 36.1 Å². The van der Waals surface area contributed by atoms with Gasteiger partial charge in [-0.1, -0.05) is 12.1 Å². The second-order valence-electron chi connectivity index (χ2n) is 4.32. The lowest BCUT2D eigenvalue weighted by molar-refractivity contribution is -0.117. The van der Waals surface area contributed by atoms with Crippen LogP contribution in [-0.2, 0) is 4.79 Å². The molecular formula is C13H14N2O. The Balaban J connectivity index is 2.19. The van der Waals surface area contributed by atoms with Gasteiger partial charge in [0.05, 0.1) is 11.2 Å². The number of H-pyrrole nitrogens is 1. The fraction of sp³-hybridized carbons (Fsp3) is 0.308. The monoisotopic (exact) mass is 214 g/mol. The van der Waals surface area contributed by atoms with E-state index >= 15 is 0 Å². The summed E-state index contributed by atoms with van der Waals surface area (Å²) >= 11 is 0. The quantitative estimate of drug-likeness (QED) is 0.778. The Kier molecular flexibility index (Phi) is 1.99. The number of carbonyl (C=O) groups excluding carboxylic acids is 1. The van der Waals surface area contributed by atoms with Gasteiger partial charge in [-0.3, -0.25) is 4.79 Å². The van der Waals surface area contributed by atoms with Crippen molar-refractivity contribution in [2.24, 2.45) is 0 Å². The minimum absolute atomic E-state index is 0.236. The van der Waals surface area contributed by atoms with Crippen molar-refractivity contribution < 1.29 is 4.79 Å². The predicted molar refractivity (Wildman–Crippen MR) is 64.6 cm³/mol. The minimum atomic E-state index is 0.236. The summed E-state index contributed by atoms with van der Waals surface area (Å²) in [7, 11) is 0. The molecule has 1 aliphatic heterocycles. The molecule has 82 valence electrons. The zero-order chi connectivity index (χ0) is 11.1. The molecule has 0 atom stereocenters. The van der Waals surface area contributed by atoms with Gasteiger partial charge in [0, 0.05) is 24.5 Å². The highest BCUT2D eigenvalue weighted by Crippen LogP contribution is 2.30. The van der Waals surface area contributed by atoms with Crippen LogP contribution in [0.4, 0.5) is 5.69 Å². The number of anilines is 1. The van der Waals surface area contributed by atoms with Gasteiger partial charge in [0.1, 0.15) is 0 Å². The number of hydrogen-bond acceptors (Lipinski definition) is 1. The van der Waals surface area contributed by atoms with E-state index in [4.69, 9.17) is 0 Å². The average molecular weight is 214 g/mol. The lowest BCUT2D eigenvalue weighted by Crippen LogP contribution is -2.23. The molecule has 0 saturated carbocycles. The first-order valence-electron chi connectivity index (χ1n) is 5.64. The SMILES string of the molecule is Cc1c[nH]c2c(N3CCCC3=O)cccc12. The van der Waals surface area contributed by atoms with Crippen molar-refractivity contribution in [1.29, 1.82) is 0 Å². The van der Waals surface area contributed by atoms with E-state index in [1.165, 1.54) is 10.9 Å². The predicted octanol–water partition coefficient (Wildman–Crippen LogP) is 2.60. The number of amides is 1. The second kappa shape index (κ2) is 3.37. The van der Waals surface area contributed by atoms with Crippen LogP contribution < -0.4 is 4.90 Å². The summed E-state index contributed by atoms with van der Waals surface area (Å²) in [5.74, 6) is 0.236. The molecule has 0 bridgehead atoms. The van der Waals surface area contributed by atoms with E-state index in [-0.39, 0.29) is 5.91 Å². The molecule has 1 aliphatic rings. The molecule has 3 rings (SSSR count). The first-order chi connectivity index (χ1) is 7.77. The number of aryl methyl sites for hydroxylation is 1. The van der Waals surface area contributed by atoms with Crippen molar-refractivity contribution in [3.05, 3.63) is 30.0 Å². The van der Waals surface area contributed by atoms with Crippen molar-refractivity contribution in [1.82, 2.24) is 4.98 Å². The summed E-state index contributed by atoms with van der Waals surface area (Å²) in [5.41, 5.74) is 3.33. The van der Waals surface area contributed by atoms with Gasteiger partial charge in [0.15, 0.2) is 0 Å². The summed E-state index contributed by atoms with van der Waals surface area (Å²) < 4.78 is 0. The molecule has 2 aromatic rings. The Morgan fingerprint density at radius 3 is 3.00 bits per heavy atom. The molecule has 1 N–H and O–H groups in total. The van der Waals surface area contributed by atoms with Crippen LogP contribution in [0.3, 0.4) is 0 Å². The van der Waals surface area contributed by atoms with Crippen LogP contribution in [0.1, 0.15) is 18.4 Å². The Morgan fingerprint density at radius 2 is 2.25 bits per heavy atom. The molecule has 1 aromatic heterocycles.